The molecule has 0 aromatic carbocycles. The largest absolute Gasteiger partial charge is 0.481 e. The molecule has 1 aliphatic heterocycles. The van der Waals surface area contributed by atoms with Crippen LogP contribution in [0.3, 0.4) is 0 Å². The van der Waals surface area contributed by atoms with Gasteiger partial charge in [-0.1, -0.05) is 0 Å². The van der Waals surface area contributed by atoms with Gasteiger partial charge < -0.3 is 24.4 Å². The Kier molecular flexibility index (Phi) is 7.39. The molecule has 1 aliphatic rings. The van der Waals surface area contributed by atoms with E-state index >= 15 is 0 Å². The van der Waals surface area contributed by atoms with Crippen LogP contribution >= 0.6 is 0 Å². The van der Waals surface area contributed by atoms with E-state index in [0.717, 1.165) is 0 Å². The minimum atomic E-state index is -0.862. The third-order valence-corrected chi connectivity index (χ3v) is 3.41. The topological polar surface area (TPSA) is 88.5 Å². The summed E-state index contributed by atoms with van der Waals surface area (Å²) in [6.07, 6.45) is -0.754. The van der Waals surface area contributed by atoms with Gasteiger partial charge in [-0.15, -0.1) is 0 Å². The normalized spacial score (nSPS) is 25.9. The van der Waals surface area contributed by atoms with Gasteiger partial charge in [0.05, 0.1) is 44.6 Å². The Morgan fingerprint density at radius 1 is 1.45 bits per heavy atom. The zero-order chi connectivity index (χ0) is 15.1. The molecule has 4 atom stereocenters. The number of methoxy groups -OCH3 is 1. The predicted molar refractivity (Wildman–Crippen MR) is 71.7 cm³/mol. The Labute approximate surface area is 119 Å². The monoisotopic (exact) mass is 291 g/mol. The van der Waals surface area contributed by atoms with Gasteiger partial charge in [-0.05, 0) is 14.0 Å². The van der Waals surface area contributed by atoms with E-state index in [1.807, 2.05) is 11.8 Å². The third-order valence-electron chi connectivity index (χ3n) is 3.41. The summed E-state index contributed by atoms with van der Waals surface area (Å²) in [6, 6.07) is -0.210. The molecular formula is C13H25NO6. The molecule has 118 valence electrons. The Bertz CT molecular complexity index is 301. The second kappa shape index (κ2) is 8.53. The molecule has 0 aromatic rings. The van der Waals surface area contributed by atoms with Gasteiger partial charge in [0.2, 0.25) is 0 Å². The van der Waals surface area contributed by atoms with Crippen LogP contribution in [0.4, 0.5) is 0 Å². The van der Waals surface area contributed by atoms with Gasteiger partial charge in [0.25, 0.3) is 0 Å². The van der Waals surface area contributed by atoms with Crippen LogP contribution in [0.1, 0.15) is 6.92 Å². The molecule has 7 nitrogen and oxygen atoms in total. The molecule has 4 unspecified atom stereocenters. The number of likely N-dealkylation sites (N-methyl/N-ethyl adjacent to an activating group) is 1. The molecule has 1 heterocycles. The van der Waals surface area contributed by atoms with Crippen molar-refractivity contribution in [2.75, 3.05) is 47.1 Å². The fourth-order valence-electron chi connectivity index (χ4n) is 2.29. The maximum atomic E-state index is 11.1. The zero-order valence-electron chi connectivity index (χ0n) is 12.3. The number of carboxylic acids is 1. The van der Waals surface area contributed by atoms with E-state index in [0.29, 0.717) is 19.8 Å². The summed E-state index contributed by atoms with van der Waals surface area (Å²) in [6.45, 7) is 3.48. The molecule has 1 saturated heterocycles. The van der Waals surface area contributed by atoms with Crippen molar-refractivity contribution in [1.29, 1.82) is 0 Å². The van der Waals surface area contributed by atoms with E-state index < -0.39 is 18.0 Å². The SMILES string of the molecule is COCC(C)OCC(O)CN(C)C1COCC1C(=O)O. The van der Waals surface area contributed by atoms with Crippen LogP contribution in [0.15, 0.2) is 0 Å². The van der Waals surface area contributed by atoms with Crippen molar-refractivity contribution in [1.82, 2.24) is 4.90 Å². The first-order valence-electron chi connectivity index (χ1n) is 6.75. The summed E-state index contributed by atoms with van der Waals surface area (Å²) in [5, 5.41) is 19.0. The van der Waals surface area contributed by atoms with E-state index in [1.54, 1.807) is 14.2 Å². The van der Waals surface area contributed by atoms with Crippen LogP contribution in [0, 0.1) is 5.92 Å². The van der Waals surface area contributed by atoms with Gasteiger partial charge in [0, 0.05) is 19.7 Å². The molecule has 0 aliphatic carbocycles. The van der Waals surface area contributed by atoms with Gasteiger partial charge in [-0.2, -0.15) is 0 Å². The van der Waals surface area contributed by atoms with Crippen LogP contribution in [-0.2, 0) is 19.0 Å². The molecule has 0 spiro atoms. The lowest BCUT2D eigenvalue weighted by Crippen LogP contribution is -2.45. The number of carboxylic acid groups (broad SMARTS) is 1. The predicted octanol–water partition coefficient (Wildman–Crippen LogP) is -0.570. The highest BCUT2D eigenvalue weighted by atomic mass is 16.5. The van der Waals surface area contributed by atoms with E-state index in [9.17, 15) is 9.90 Å². The number of rotatable bonds is 9. The number of aliphatic carboxylic acids is 1. The average Bonchev–Trinajstić information content (AvgIpc) is 2.86. The van der Waals surface area contributed by atoms with Crippen molar-refractivity contribution >= 4 is 5.97 Å². The lowest BCUT2D eigenvalue weighted by Gasteiger charge is -2.28. The van der Waals surface area contributed by atoms with Crippen molar-refractivity contribution in [3.8, 4) is 0 Å². The fourth-order valence-corrected chi connectivity index (χ4v) is 2.29. The smallest absolute Gasteiger partial charge is 0.310 e. The van der Waals surface area contributed by atoms with E-state index in [4.69, 9.17) is 19.3 Å². The molecule has 0 aromatic heterocycles. The molecule has 2 N–H and O–H groups in total. The lowest BCUT2D eigenvalue weighted by atomic mass is 10.0. The standard InChI is InChI=1S/C13H25NO6/c1-9(5-18-3)20-6-10(15)4-14(2)12-8-19-7-11(12)13(16)17/h9-12,15H,4-8H2,1-3H3,(H,16,17). The molecule has 0 radical (unpaired) electrons. The van der Waals surface area contributed by atoms with Crippen molar-refractivity contribution in [2.45, 2.75) is 25.2 Å². The fraction of sp³-hybridized carbons (Fsp3) is 0.923. The zero-order valence-corrected chi connectivity index (χ0v) is 12.3. The number of hydrogen-bond donors (Lipinski definition) is 2. The number of aliphatic hydroxyl groups excluding tert-OH is 1. The first-order valence-corrected chi connectivity index (χ1v) is 6.75. The summed E-state index contributed by atoms with van der Waals surface area (Å²) in [4.78, 5) is 12.9. The number of nitrogens with zero attached hydrogens (tertiary/aromatic N) is 1. The highest BCUT2D eigenvalue weighted by Crippen LogP contribution is 2.19. The second-order valence-electron chi connectivity index (χ2n) is 5.24. The van der Waals surface area contributed by atoms with Crippen molar-refractivity contribution in [3.63, 3.8) is 0 Å². The molecule has 1 fully saturated rings. The van der Waals surface area contributed by atoms with E-state index in [2.05, 4.69) is 0 Å². The highest BCUT2D eigenvalue weighted by molar-refractivity contribution is 5.71. The summed E-state index contributed by atoms with van der Waals surface area (Å²) >= 11 is 0. The Morgan fingerprint density at radius 2 is 2.15 bits per heavy atom. The molecule has 0 amide bonds. The van der Waals surface area contributed by atoms with Crippen LogP contribution in [0.2, 0.25) is 0 Å². The van der Waals surface area contributed by atoms with Crippen molar-refractivity contribution in [3.05, 3.63) is 0 Å². The number of ether oxygens (including phenoxy) is 3. The van der Waals surface area contributed by atoms with Crippen molar-refractivity contribution < 1.29 is 29.2 Å². The molecule has 20 heavy (non-hydrogen) atoms. The van der Waals surface area contributed by atoms with Gasteiger partial charge >= 0.3 is 5.97 Å². The Hall–Kier alpha value is -0.730. The maximum Gasteiger partial charge on any atom is 0.310 e. The molecule has 7 heteroatoms. The van der Waals surface area contributed by atoms with Gasteiger partial charge in [0.1, 0.15) is 0 Å². The van der Waals surface area contributed by atoms with E-state index in [1.165, 1.54) is 0 Å². The summed E-state index contributed by atoms with van der Waals surface area (Å²) < 4.78 is 15.6. The summed E-state index contributed by atoms with van der Waals surface area (Å²) in [5.74, 6) is -1.40. The highest BCUT2D eigenvalue weighted by Gasteiger charge is 2.37. The number of carbonyl (C=O) groups is 1. The lowest BCUT2D eigenvalue weighted by molar-refractivity contribution is -0.143. The van der Waals surface area contributed by atoms with Crippen LogP contribution in [0.5, 0.6) is 0 Å². The Morgan fingerprint density at radius 3 is 2.75 bits per heavy atom. The first-order chi connectivity index (χ1) is 9.45. The molecular weight excluding hydrogens is 266 g/mol. The van der Waals surface area contributed by atoms with Gasteiger partial charge in [0.15, 0.2) is 0 Å². The quantitative estimate of drug-likeness (QED) is 0.588. The van der Waals surface area contributed by atoms with Crippen LogP contribution in [-0.4, -0.2) is 86.5 Å². The summed E-state index contributed by atoms with van der Waals surface area (Å²) in [5.41, 5.74) is 0. The summed E-state index contributed by atoms with van der Waals surface area (Å²) in [7, 11) is 3.38. The molecule has 0 bridgehead atoms. The average molecular weight is 291 g/mol. The van der Waals surface area contributed by atoms with Crippen LogP contribution in [0.25, 0.3) is 0 Å². The number of aliphatic hydroxyl groups is 1. The van der Waals surface area contributed by atoms with Gasteiger partial charge in [-0.25, -0.2) is 0 Å². The van der Waals surface area contributed by atoms with Crippen molar-refractivity contribution in [2.24, 2.45) is 5.92 Å². The minimum Gasteiger partial charge on any atom is -0.481 e. The van der Waals surface area contributed by atoms with Crippen LogP contribution < -0.4 is 0 Å². The second-order valence-corrected chi connectivity index (χ2v) is 5.24. The molecule has 1 rings (SSSR count). The minimum absolute atomic E-state index is 0.0819. The van der Waals surface area contributed by atoms with Gasteiger partial charge in [-0.3, -0.25) is 9.69 Å². The first kappa shape index (κ1) is 17.3. The maximum absolute atomic E-state index is 11.1. The molecule has 0 saturated carbocycles. The Balaban J connectivity index is 2.33. The van der Waals surface area contributed by atoms with E-state index in [-0.39, 0.29) is 25.4 Å². The third kappa shape index (κ3) is 5.34. The number of hydrogen-bond acceptors (Lipinski definition) is 6.